The second-order valence-electron chi connectivity index (χ2n) is 11.1. The number of hydrogen-bond acceptors (Lipinski definition) is 9. The molecule has 0 aromatic heterocycles. The molecular formula is C41H32O7S2. The van der Waals surface area contributed by atoms with Gasteiger partial charge in [0, 0.05) is 26.3 Å². The zero-order valence-corrected chi connectivity index (χ0v) is 28.2. The van der Waals surface area contributed by atoms with Crippen LogP contribution in [0.1, 0.15) is 38.2 Å². The van der Waals surface area contributed by atoms with E-state index in [2.05, 4.69) is 0 Å². The maximum atomic E-state index is 13.3. The molecule has 9 heteroatoms. The molecule has 0 heterocycles. The second-order valence-corrected chi connectivity index (χ2v) is 13.1. The predicted molar refractivity (Wildman–Crippen MR) is 196 cm³/mol. The van der Waals surface area contributed by atoms with Gasteiger partial charge in [-0.25, -0.2) is 0 Å². The number of phenols is 4. The third-order valence-electron chi connectivity index (χ3n) is 8.08. The Morgan fingerprint density at radius 1 is 0.540 bits per heavy atom. The lowest BCUT2D eigenvalue weighted by molar-refractivity contribution is -0.229. The average Bonchev–Trinajstić information content (AvgIpc) is 3.14. The van der Waals surface area contributed by atoms with Gasteiger partial charge < -0.3 is 25.3 Å². The number of ketones is 1. The quantitative estimate of drug-likeness (QED) is 0.0292. The van der Waals surface area contributed by atoms with Crippen LogP contribution >= 0.6 is 23.5 Å². The molecule has 4 N–H and O–H groups in total. The van der Waals surface area contributed by atoms with Crippen molar-refractivity contribution in [3.8, 4) is 23.0 Å². The fourth-order valence-electron chi connectivity index (χ4n) is 5.87. The Kier molecular flexibility index (Phi) is 10.8. The largest absolute Gasteiger partial charge is 0.508 e. The summed E-state index contributed by atoms with van der Waals surface area (Å²) in [6.07, 6.45) is 1.45. The van der Waals surface area contributed by atoms with E-state index >= 15 is 0 Å². The average molecular weight is 701 g/mol. The van der Waals surface area contributed by atoms with E-state index in [0.29, 0.717) is 17.1 Å². The topological polar surface area (TPSA) is 116 Å². The van der Waals surface area contributed by atoms with E-state index in [9.17, 15) is 15.0 Å². The minimum absolute atomic E-state index is 0.00406. The van der Waals surface area contributed by atoms with Gasteiger partial charge in [0.15, 0.2) is 5.78 Å². The van der Waals surface area contributed by atoms with Crippen LogP contribution in [0.2, 0.25) is 0 Å². The molecule has 0 fully saturated rings. The van der Waals surface area contributed by atoms with Gasteiger partial charge in [0.1, 0.15) is 35.2 Å². The molecule has 0 aliphatic heterocycles. The number of rotatable bonds is 9. The molecule has 6 aromatic rings. The first-order valence-corrected chi connectivity index (χ1v) is 17.4. The molecule has 50 heavy (non-hydrogen) atoms. The first kappa shape index (κ1) is 34.3. The fraction of sp³-hybridized carbons (Fsp3) is 0.0488. The number of carbonyl (C=O) groups is 1. The summed E-state index contributed by atoms with van der Waals surface area (Å²) in [5, 5.41) is 39.8. The molecular weight excluding hydrogens is 669 g/mol. The van der Waals surface area contributed by atoms with Crippen LogP contribution < -0.4 is 0 Å². The van der Waals surface area contributed by atoms with Crippen LogP contribution in [0.15, 0.2) is 167 Å². The van der Waals surface area contributed by atoms with Gasteiger partial charge in [0.2, 0.25) is 0 Å². The zero-order chi connectivity index (χ0) is 34.9. The standard InChI is InChI=1S/C26H18O3.C15H14O4S2/c27-19-13-9-17(10-14-19)26(18-11-15-20(28)16-12-18)23-7-3-1-5-21(23)25(29)22-6-2-4-8-24(22)26;16-12-1-5-14(6-2-12)20-10-9-18-19-11-21-15-7-3-13(17)4-8-15/h1-16,27-28H;1-10,16-17H,11H2. The Morgan fingerprint density at radius 2 is 0.960 bits per heavy atom. The smallest absolute Gasteiger partial charge is 0.193 e. The van der Waals surface area contributed by atoms with Crippen LogP contribution in [-0.2, 0) is 15.2 Å². The summed E-state index contributed by atoms with van der Waals surface area (Å²) >= 11 is 2.91. The SMILES string of the molecule is O=C1c2ccccc2C(c2ccc(O)cc2)(c2ccc(O)cc2)c2ccccc21.Oc1ccc(SC=COOCSc2ccc(O)cc2)cc1. The highest BCUT2D eigenvalue weighted by atomic mass is 32.2. The zero-order valence-electron chi connectivity index (χ0n) is 26.5. The highest BCUT2D eigenvalue weighted by Crippen LogP contribution is 2.51. The van der Waals surface area contributed by atoms with Crippen molar-refractivity contribution >= 4 is 29.3 Å². The summed E-state index contributed by atoms with van der Waals surface area (Å²) in [5.41, 5.74) is 4.23. The molecule has 0 spiro atoms. The van der Waals surface area contributed by atoms with Crippen LogP contribution in [0.5, 0.6) is 23.0 Å². The number of carbonyl (C=O) groups excluding carboxylic acids is 1. The second kappa shape index (κ2) is 15.7. The summed E-state index contributed by atoms with van der Waals surface area (Å²) in [5.74, 6) is 1.20. The third-order valence-corrected chi connectivity index (χ3v) is 9.69. The first-order chi connectivity index (χ1) is 24.4. The molecule has 0 radical (unpaired) electrons. The van der Waals surface area contributed by atoms with E-state index in [1.807, 2.05) is 84.9 Å². The van der Waals surface area contributed by atoms with E-state index in [0.717, 1.165) is 32.0 Å². The number of hydrogen-bond donors (Lipinski definition) is 4. The normalized spacial score (nSPS) is 12.8. The molecule has 7 rings (SSSR count). The number of benzene rings is 6. The van der Waals surface area contributed by atoms with E-state index < -0.39 is 5.41 Å². The van der Waals surface area contributed by atoms with E-state index in [-0.39, 0.29) is 28.8 Å². The molecule has 0 bridgehead atoms. The Labute approximate surface area is 298 Å². The molecule has 0 atom stereocenters. The number of phenolic OH excluding ortho intramolecular Hbond substituents is 4. The lowest BCUT2D eigenvalue weighted by Gasteiger charge is -2.41. The van der Waals surface area contributed by atoms with Crippen LogP contribution in [-0.4, -0.2) is 32.1 Å². The molecule has 7 nitrogen and oxygen atoms in total. The van der Waals surface area contributed by atoms with Crippen LogP contribution in [0.4, 0.5) is 0 Å². The fourth-order valence-corrected chi connectivity index (χ4v) is 6.99. The summed E-state index contributed by atoms with van der Waals surface area (Å²) in [7, 11) is 0. The van der Waals surface area contributed by atoms with Crippen LogP contribution in [0.3, 0.4) is 0 Å². The number of aromatic hydroxyl groups is 4. The van der Waals surface area contributed by atoms with Crippen molar-refractivity contribution in [1.29, 1.82) is 0 Å². The Morgan fingerprint density at radius 3 is 1.44 bits per heavy atom. The maximum absolute atomic E-state index is 13.3. The van der Waals surface area contributed by atoms with Crippen LogP contribution in [0, 0.1) is 0 Å². The molecule has 250 valence electrons. The molecule has 0 saturated carbocycles. The summed E-state index contributed by atoms with van der Waals surface area (Å²) < 4.78 is 0. The van der Waals surface area contributed by atoms with Crippen molar-refractivity contribution in [1.82, 2.24) is 0 Å². The minimum atomic E-state index is -0.748. The van der Waals surface area contributed by atoms with Gasteiger partial charge in [0.25, 0.3) is 0 Å². The summed E-state index contributed by atoms with van der Waals surface area (Å²) in [6, 6.07) is 43.3. The van der Waals surface area contributed by atoms with Crippen molar-refractivity contribution in [3.05, 3.63) is 191 Å². The van der Waals surface area contributed by atoms with E-state index in [1.165, 1.54) is 29.8 Å². The van der Waals surface area contributed by atoms with Crippen molar-refractivity contribution in [2.45, 2.75) is 15.2 Å². The van der Waals surface area contributed by atoms with Crippen LogP contribution in [0.25, 0.3) is 0 Å². The van der Waals surface area contributed by atoms with Gasteiger partial charge in [-0.05, 0) is 95.1 Å². The van der Waals surface area contributed by atoms with Crippen molar-refractivity contribution < 1.29 is 35.0 Å². The first-order valence-electron chi connectivity index (χ1n) is 15.5. The summed E-state index contributed by atoms with van der Waals surface area (Å²) in [6.45, 7) is 0. The highest BCUT2D eigenvalue weighted by Gasteiger charge is 2.46. The van der Waals surface area contributed by atoms with Crippen molar-refractivity contribution in [2.75, 3.05) is 5.94 Å². The molecule has 0 amide bonds. The van der Waals surface area contributed by atoms with Crippen molar-refractivity contribution in [3.63, 3.8) is 0 Å². The van der Waals surface area contributed by atoms with Gasteiger partial charge in [-0.1, -0.05) is 96.3 Å². The Balaban J connectivity index is 0.000000183. The van der Waals surface area contributed by atoms with Gasteiger partial charge in [-0.15, -0.1) is 0 Å². The van der Waals surface area contributed by atoms with Gasteiger partial charge in [0.05, 0.1) is 5.41 Å². The molecule has 0 unspecified atom stereocenters. The molecule has 1 aliphatic carbocycles. The lowest BCUT2D eigenvalue weighted by atomic mass is 9.59. The monoisotopic (exact) mass is 700 g/mol. The summed E-state index contributed by atoms with van der Waals surface area (Å²) in [4.78, 5) is 25.2. The number of thioether (sulfide) groups is 2. The number of fused-ring (bicyclic) bond motifs is 2. The Bertz CT molecular complexity index is 1980. The molecule has 1 aliphatic rings. The van der Waals surface area contributed by atoms with Gasteiger partial charge in [-0.3, -0.25) is 4.79 Å². The maximum Gasteiger partial charge on any atom is 0.193 e. The predicted octanol–water partition coefficient (Wildman–Crippen LogP) is 9.38. The Hall–Kier alpha value is -5.61. The highest BCUT2D eigenvalue weighted by molar-refractivity contribution is 8.02. The molecule has 0 saturated heterocycles. The van der Waals surface area contributed by atoms with Gasteiger partial charge >= 0.3 is 0 Å². The minimum Gasteiger partial charge on any atom is -0.508 e. The van der Waals surface area contributed by atoms with Crippen molar-refractivity contribution in [2.24, 2.45) is 0 Å². The van der Waals surface area contributed by atoms with E-state index in [4.69, 9.17) is 20.0 Å². The van der Waals surface area contributed by atoms with Gasteiger partial charge in [-0.2, -0.15) is 4.89 Å². The van der Waals surface area contributed by atoms with E-state index in [1.54, 1.807) is 66.1 Å². The lowest BCUT2D eigenvalue weighted by Crippen LogP contribution is -2.38. The molecule has 6 aromatic carbocycles. The third kappa shape index (κ3) is 7.50.